The summed E-state index contributed by atoms with van der Waals surface area (Å²) in [4.78, 5) is 24.5. The minimum absolute atomic E-state index is 0. The molecule has 0 aliphatic heterocycles. The second-order valence-corrected chi connectivity index (χ2v) is 4.04. The smallest absolute Gasteiger partial charge is 0.242 e. The number of likely N-dealkylation sites (N-methyl/N-ethyl adjacent to an activating group) is 2. The van der Waals surface area contributed by atoms with Crippen LogP contribution in [0.5, 0.6) is 0 Å². The van der Waals surface area contributed by atoms with E-state index in [4.69, 9.17) is 0 Å². The number of hydrogen-bond donors (Lipinski definition) is 2. The van der Waals surface area contributed by atoms with Crippen LogP contribution in [0.2, 0.25) is 0 Å². The Kier molecular flexibility index (Phi) is 8.57. The lowest BCUT2D eigenvalue weighted by atomic mass is 10.2. The minimum atomic E-state index is -0.182. The van der Waals surface area contributed by atoms with Gasteiger partial charge in [0, 0.05) is 13.6 Å². The Morgan fingerprint density at radius 3 is 2.37 bits per heavy atom. The van der Waals surface area contributed by atoms with Gasteiger partial charge in [-0.2, -0.15) is 0 Å². The molecule has 106 valence electrons. The number of hydrogen-bond acceptors (Lipinski definition) is 3. The molecule has 0 radical (unpaired) electrons. The molecule has 0 atom stereocenters. The van der Waals surface area contributed by atoms with Crippen LogP contribution in [-0.4, -0.2) is 43.9 Å². The van der Waals surface area contributed by atoms with Gasteiger partial charge >= 0.3 is 0 Å². The number of carbonyl (C=O) groups is 2. The fraction of sp³-hybridized carbons (Fsp3) is 0.385. The summed E-state index contributed by atoms with van der Waals surface area (Å²) in [5.41, 5.74) is 1.06. The van der Waals surface area contributed by atoms with Gasteiger partial charge < -0.3 is 15.5 Å². The second-order valence-electron chi connectivity index (χ2n) is 4.04. The van der Waals surface area contributed by atoms with Crippen LogP contribution in [0.25, 0.3) is 0 Å². The third-order valence-electron chi connectivity index (χ3n) is 2.46. The van der Waals surface area contributed by atoms with Crippen LogP contribution in [0.1, 0.15) is 5.56 Å². The summed E-state index contributed by atoms with van der Waals surface area (Å²) < 4.78 is 0. The first-order chi connectivity index (χ1) is 8.63. The number of nitrogens with one attached hydrogen (secondary N) is 2. The van der Waals surface area contributed by atoms with Crippen LogP contribution in [0.4, 0.5) is 0 Å². The van der Waals surface area contributed by atoms with Gasteiger partial charge in [-0.15, -0.1) is 12.4 Å². The molecule has 19 heavy (non-hydrogen) atoms. The van der Waals surface area contributed by atoms with Crippen molar-refractivity contribution in [2.24, 2.45) is 0 Å². The molecule has 0 fully saturated rings. The molecule has 2 amide bonds. The molecule has 1 rings (SSSR count). The van der Waals surface area contributed by atoms with Gasteiger partial charge in [0.15, 0.2) is 0 Å². The van der Waals surface area contributed by atoms with Gasteiger partial charge in [-0.3, -0.25) is 9.59 Å². The molecule has 6 heteroatoms. The van der Waals surface area contributed by atoms with E-state index in [-0.39, 0.29) is 37.3 Å². The number of nitrogens with zero attached hydrogens (tertiary/aromatic N) is 1. The summed E-state index contributed by atoms with van der Waals surface area (Å²) in [5.74, 6) is -0.290. The first kappa shape index (κ1) is 17.4. The Morgan fingerprint density at radius 2 is 1.79 bits per heavy atom. The summed E-state index contributed by atoms with van der Waals surface area (Å²) in [5, 5.41) is 5.28. The Bertz CT molecular complexity index is 398. The third kappa shape index (κ3) is 6.79. The van der Waals surface area contributed by atoms with E-state index in [1.54, 1.807) is 19.0 Å². The number of benzene rings is 1. The van der Waals surface area contributed by atoms with Crippen molar-refractivity contribution >= 4 is 24.2 Å². The van der Waals surface area contributed by atoms with Gasteiger partial charge in [0.2, 0.25) is 11.8 Å². The van der Waals surface area contributed by atoms with Crippen LogP contribution < -0.4 is 10.6 Å². The molecule has 0 spiro atoms. The van der Waals surface area contributed by atoms with Gasteiger partial charge in [-0.1, -0.05) is 30.3 Å². The van der Waals surface area contributed by atoms with Crippen molar-refractivity contribution in [2.75, 3.05) is 27.2 Å². The van der Waals surface area contributed by atoms with Gasteiger partial charge in [0.05, 0.1) is 13.1 Å². The Balaban J connectivity index is 0.00000324. The predicted molar refractivity (Wildman–Crippen MR) is 77.1 cm³/mol. The van der Waals surface area contributed by atoms with Crippen molar-refractivity contribution in [3.8, 4) is 0 Å². The molecule has 0 aromatic heterocycles. The Labute approximate surface area is 119 Å². The maximum atomic E-state index is 11.7. The Morgan fingerprint density at radius 1 is 1.16 bits per heavy atom. The van der Waals surface area contributed by atoms with Crippen molar-refractivity contribution in [1.29, 1.82) is 0 Å². The number of carbonyl (C=O) groups excluding carboxylic acids is 2. The third-order valence-corrected chi connectivity index (χ3v) is 2.46. The summed E-state index contributed by atoms with van der Waals surface area (Å²) in [6, 6.07) is 9.72. The molecular weight excluding hydrogens is 266 g/mol. The average Bonchev–Trinajstić information content (AvgIpc) is 2.37. The summed E-state index contributed by atoms with van der Waals surface area (Å²) in [6.45, 7) is 0.793. The second kappa shape index (κ2) is 9.35. The standard InChI is InChI=1S/C13H19N3O2.ClH/c1-14-8-12(17)15-9-13(18)16(2)10-11-6-4-3-5-7-11;/h3-7,14H,8-10H2,1-2H3,(H,15,17);1H. The first-order valence-corrected chi connectivity index (χ1v) is 5.82. The lowest BCUT2D eigenvalue weighted by molar-refractivity contribution is -0.132. The maximum absolute atomic E-state index is 11.7. The molecule has 0 aliphatic carbocycles. The molecule has 0 saturated heterocycles. The molecule has 0 aliphatic rings. The van der Waals surface area contributed by atoms with E-state index in [0.717, 1.165) is 5.56 Å². The molecule has 1 aromatic carbocycles. The van der Waals surface area contributed by atoms with Gasteiger partial charge in [-0.25, -0.2) is 0 Å². The minimum Gasteiger partial charge on any atom is -0.346 e. The quantitative estimate of drug-likeness (QED) is 0.795. The fourth-order valence-electron chi connectivity index (χ4n) is 1.48. The van der Waals surface area contributed by atoms with E-state index < -0.39 is 0 Å². The predicted octanol–water partition coefficient (Wildman–Crippen LogP) is 0.402. The average molecular weight is 286 g/mol. The van der Waals surface area contributed by atoms with Gasteiger partial charge in [0.25, 0.3) is 0 Å². The highest BCUT2D eigenvalue weighted by Crippen LogP contribution is 2.02. The fourth-order valence-corrected chi connectivity index (χ4v) is 1.48. The van der Waals surface area contributed by atoms with Gasteiger partial charge in [-0.05, 0) is 12.6 Å². The first-order valence-electron chi connectivity index (χ1n) is 5.82. The van der Waals surface area contributed by atoms with Crippen molar-refractivity contribution in [3.63, 3.8) is 0 Å². The zero-order valence-corrected chi connectivity index (χ0v) is 12.0. The van der Waals surface area contributed by atoms with Gasteiger partial charge in [0.1, 0.15) is 0 Å². The van der Waals surface area contributed by atoms with E-state index in [9.17, 15) is 9.59 Å². The zero-order chi connectivity index (χ0) is 13.4. The van der Waals surface area contributed by atoms with Crippen LogP contribution in [0.3, 0.4) is 0 Å². The highest BCUT2D eigenvalue weighted by molar-refractivity contribution is 5.85. The number of rotatable bonds is 6. The zero-order valence-electron chi connectivity index (χ0n) is 11.2. The largest absolute Gasteiger partial charge is 0.346 e. The van der Waals surface area contributed by atoms with Crippen LogP contribution in [0.15, 0.2) is 30.3 Å². The molecule has 5 nitrogen and oxygen atoms in total. The molecule has 1 aromatic rings. The monoisotopic (exact) mass is 285 g/mol. The van der Waals surface area contributed by atoms with E-state index in [1.165, 1.54) is 0 Å². The molecule has 2 N–H and O–H groups in total. The molecular formula is C13H20ClN3O2. The van der Waals surface area contributed by atoms with Crippen molar-refractivity contribution < 1.29 is 9.59 Å². The topological polar surface area (TPSA) is 61.4 Å². The molecule has 0 bridgehead atoms. The van der Waals surface area contributed by atoms with Crippen molar-refractivity contribution in [2.45, 2.75) is 6.54 Å². The lowest BCUT2D eigenvalue weighted by Gasteiger charge is -2.17. The molecule has 0 unspecified atom stereocenters. The van der Waals surface area contributed by atoms with E-state index in [1.807, 2.05) is 30.3 Å². The SMILES string of the molecule is CNCC(=O)NCC(=O)N(C)Cc1ccccc1.Cl. The lowest BCUT2D eigenvalue weighted by Crippen LogP contribution is -2.40. The summed E-state index contributed by atoms with van der Waals surface area (Å²) >= 11 is 0. The highest BCUT2D eigenvalue weighted by atomic mass is 35.5. The summed E-state index contributed by atoms with van der Waals surface area (Å²) in [7, 11) is 3.41. The van der Waals surface area contributed by atoms with E-state index in [2.05, 4.69) is 10.6 Å². The van der Waals surface area contributed by atoms with E-state index in [0.29, 0.717) is 6.54 Å². The van der Waals surface area contributed by atoms with Crippen LogP contribution in [-0.2, 0) is 16.1 Å². The van der Waals surface area contributed by atoms with Crippen molar-refractivity contribution in [1.82, 2.24) is 15.5 Å². The molecule has 0 heterocycles. The number of halogens is 1. The van der Waals surface area contributed by atoms with Crippen molar-refractivity contribution in [3.05, 3.63) is 35.9 Å². The normalized spacial score (nSPS) is 9.37. The van der Waals surface area contributed by atoms with Crippen LogP contribution >= 0.6 is 12.4 Å². The van der Waals surface area contributed by atoms with Crippen LogP contribution in [0, 0.1) is 0 Å². The Hall–Kier alpha value is -1.59. The molecule has 0 saturated carbocycles. The maximum Gasteiger partial charge on any atom is 0.242 e. The van der Waals surface area contributed by atoms with E-state index >= 15 is 0 Å². The number of amides is 2. The highest BCUT2D eigenvalue weighted by Gasteiger charge is 2.10. The summed E-state index contributed by atoms with van der Waals surface area (Å²) in [6.07, 6.45) is 0.